The highest BCUT2D eigenvalue weighted by molar-refractivity contribution is 5.75. The number of rotatable bonds is 4. The molecular weight excluding hydrogens is 176 g/mol. The van der Waals surface area contributed by atoms with Crippen molar-refractivity contribution in [1.82, 2.24) is 0 Å². The van der Waals surface area contributed by atoms with Crippen molar-refractivity contribution in [2.45, 2.75) is 59.3 Å². The lowest BCUT2D eigenvalue weighted by Crippen LogP contribution is -2.42. The minimum atomic E-state index is -0.608. The van der Waals surface area contributed by atoms with Gasteiger partial charge in [-0.3, -0.25) is 4.79 Å². The lowest BCUT2D eigenvalue weighted by atomic mass is 9.62. The number of hydrogen-bond acceptors (Lipinski definition) is 1. The van der Waals surface area contributed by atoms with Crippen molar-refractivity contribution in [2.24, 2.45) is 10.8 Å². The summed E-state index contributed by atoms with van der Waals surface area (Å²) in [7, 11) is 0. The zero-order valence-electron chi connectivity index (χ0n) is 9.60. The fraction of sp³-hybridized carbons (Fsp3) is 0.917. The van der Waals surface area contributed by atoms with Gasteiger partial charge in [-0.15, -0.1) is 0 Å². The fourth-order valence-electron chi connectivity index (χ4n) is 2.87. The van der Waals surface area contributed by atoms with Gasteiger partial charge in [0.05, 0.1) is 5.41 Å². The first kappa shape index (κ1) is 11.5. The van der Waals surface area contributed by atoms with Crippen LogP contribution in [0.4, 0.5) is 0 Å². The molecule has 1 saturated carbocycles. The normalized spacial score (nSPS) is 24.5. The van der Waals surface area contributed by atoms with E-state index in [0.717, 1.165) is 25.7 Å². The van der Waals surface area contributed by atoms with Crippen LogP contribution >= 0.6 is 0 Å². The van der Waals surface area contributed by atoms with Gasteiger partial charge >= 0.3 is 5.97 Å². The predicted molar refractivity (Wildman–Crippen MR) is 57.2 cm³/mol. The summed E-state index contributed by atoms with van der Waals surface area (Å²) in [6, 6.07) is 0. The molecule has 0 bridgehead atoms. The Kier molecular flexibility index (Phi) is 3.23. The maximum atomic E-state index is 11.4. The number of carbonyl (C=O) groups is 1. The Bertz CT molecular complexity index is 216. The largest absolute Gasteiger partial charge is 0.481 e. The van der Waals surface area contributed by atoms with Crippen molar-refractivity contribution in [3.63, 3.8) is 0 Å². The quantitative estimate of drug-likeness (QED) is 0.751. The van der Waals surface area contributed by atoms with Crippen molar-refractivity contribution in [3.05, 3.63) is 0 Å². The minimum absolute atomic E-state index is 0.0227. The summed E-state index contributed by atoms with van der Waals surface area (Å²) in [5.41, 5.74) is -0.493. The van der Waals surface area contributed by atoms with Crippen LogP contribution in [-0.4, -0.2) is 11.1 Å². The van der Waals surface area contributed by atoms with Crippen molar-refractivity contribution < 1.29 is 9.90 Å². The van der Waals surface area contributed by atoms with Crippen LogP contribution in [0.1, 0.15) is 59.3 Å². The third-order valence-corrected chi connectivity index (χ3v) is 4.26. The average molecular weight is 198 g/mol. The molecule has 0 aromatic rings. The molecule has 1 aliphatic rings. The molecule has 1 fully saturated rings. The van der Waals surface area contributed by atoms with E-state index in [9.17, 15) is 9.90 Å². The van der Waals surface area contributed by atoms with Crippen LogP contribution in [0.2, 0.25) is 0 Å². The second-order valence-electron chi connectivity index (χ2n) is 5.16. The zero-order valence-corrected chi connectivity index (χ0v) is 9.60. The Morgan fingerprint density at radius 2 is 1.93 bits per heavy atom. The van der Waals surface area contributed by atoms with Crippen LogP contribution in [0.5, 0.6) is 0 Å². The van der Waals surface area contributed by atoms with Crippen molar-refractivity contribution >= 4 is 5.97 Å². The smallest absolute Gasteiger partial charge is 0.309 e. The Hall–Kier alpha value is -0.530. The average Bonchev–Trinajstić information content (AvgIpc) is 2.53. The van der Waals surface area contributed by atoms with Crippen LogP contribution < -0.4 is 0 Å². The zero-order chi connectivity index (χ0) is 10.8. The molecule has 0 aliphatic heterocycles. The number of hydrogen-bond donors (Lipinski definition) is 1. The first-order valence-electron chi connectivity index (χ1n) is 5.70. The SMILES string of the molecule is CCCC(C)(C(=O)O)C1(C)CCCC1. The monoisotopic (exact) mass is 198 g/mol. The van der Waals surface area contributed by atoms with E-state index in [1.165, 1.54) is 12.8 Å². The molecule has 2 nitrogen and oxygen atoms in total. The van der Waals surface area contributed by atoms with E-state index >= 15 is 0 Å². The molecule has 82 valence electrons. The summed E-state index contributed by atoms with van der Waals surface area (Å²) >= 11 is 0. The topological polar surface area (TPSA) is 37.3 Å². The van der Waals surface area contributed by atoms with Gasteiger partial charge in [-0.25, -0.2) is 0 Å². The van der Waals surface area contributed by atoms with E-state index in [2.05, 4.69) is 13.8 Å². The van der Waals surface area contributed by atoms with Crippen LogP contribution in [0, 0.1) is 10.8 Å². The highest BCUT2D eigenvalue weighted by atomic mass is 16.4. The molecule has 0 heterocycles. The Morgan fingerprint density at radius 3 is 2.29 bits per heavy atom. The van der Waals surface area contributed by atoms with Crippen molar-refractivity contribution in [1.29, 1.82) is 0 Å². The standard InChI is InChI=1S/C12H22O2/c1-4-7-12(3,10(13)14)11(2)8-5-6-9-11/h4-9H2,1-3H3,(H,13,14). The van der Waals surface area contributed by atoms with Crippen LogP contribution in [0.3, 0.4) is 0 Å². The molecule has 0 saturated heterocycles. The van der Waals surface area contributed by atoms with Crippen LogP contribution in [-0.2, 0) is 4.79 Å². The van der Waals surface area contributed by atoms with Gasteiger partial charge in [0.1, 0.15) is 0 Å². The third-order valence-electron chi connectivity index (χ3n) is 4.26. The van der Waals surface area contributed by atoms with E-state index in [-0.39, 0.29) is 5.41 Å². The molecule has 2 heteroatoms. The van der Waals surface area contributed by atoms with Gasteiger partial charge < -0.3 is 5.11 Å². The van der Waals surface area contributed by atoms with E-state index in [0.29, 0.717) is 0 Å². The second kappa shape index (κ2) is 3.92. The van der Waals surface area contributed by atoms with Crippen molar-refractivity contribution in [2.75, 3.05) is 0 Å². The van der Waals surface area contributed by atoms with E-state index < -0.39 is 11.4 Å². The van der Waals surface area contributed by atoms with Gasteiger partial charge in [0.15, 0.2) is 0 Å². The lowest BCUT2D eigenvalue weighted by Gasteiger charge is -2.41. The third kappa shape index (κ3) is 1.67. The molecule has 1 rings (SSSR count). The predicted octanol–water partition coefficient (Wildman–Crippen LogP) is 3.46. The molecule has 0 aromatic heterocycles. The Morgan fingerprint density at radius 1 is 1.43 bits per heavy atom. The summed E-state index contributed by atoms with van der Waals surface area (Å²) in [5, 5.41) is 9.39. The Balaban J connectivity index is 2.91. The fourth-order valence-corrected chi connectivity index (χ4v) is 2.87. The molecule has 0 amide bonds. The molecule has 1 aliphatic carbocycles. The second-order valence-corrected chi connectivity index (χ2v) is 5.16. The Labute approximate surface area is 86.7 Å². The van der Waals surface area contributed by atoms with Gasteiger partial charge in [0, 0.05) is 0 Å². The van der Waals surface area contributed by atoms with Gasteiger partial charge in [0.25, 0.3) is 0 Å². The van der Waals surface area contributed by atoms with E-state index in [4.69, 9.17) is 0 Å². The van der Waals surface area contributed by atoms with E-state index in [1.54, 1.807) is 0 Å². The molecule has 0 spiro atoms. The molecular formula is C12H22O2. The van der Waals surface area contributed by atoms with Gasteiger partial charge in [-0.1, -0.05) is 33.1 Å². The van der Waals surface area contributed by atoms with Gasteiger partial charge in [-0.05, 0) is 31.6 Å². The summed E-state index contributed by atoms with van der Waals surface area (Å²) in [5.74, 6) is -0.608. The maximum Gasteiger partial charge on any atom is 0.309 e. The molecule has 14 heavy (non-hydrogen) atoms. The van der Waals surface area contributed by atoms with Crippen LogP contribution in [0.15, 0.2) is 0 Å². The highest BCUT2D eigenvalue weighted by Crippen LogP contribution is 2.53. The number of carboxylic acid groups (broad SMARTS) is 1. The minimum Gasteiger partial charge on any atom is -0.481 e. The molecule has 1 N–H and O–H groups in total. The first-order chi connectivity index (χ1) is 6.46. The molecule has 0 aromatic carbocycles. The first-order valence-corrected chi connectivity index (χ1v) is 5.70. The summed E-state index contributed by atoms with van der Waals surface area (Å²) in [4.78, 5) is 11.4. The summed E-state index contributed by atoms with van der Waals surface area (Å²) in [6.45, 7) is 6.16. The number of carboxylic acids is 1. The van der Waals surface area contributed by atoms with Crippen LogP contribution in [0.25, 0.3) is 0 Å². The van der Waals surface area contributed by atoms with Gasteiger partial charge in [0.2, 0.25) is 0 Å². The molecule has 0 radical (unpaired) electrons. The molecule has 1 unspecified atom stereocenters. The highest BCUT2D eigenvalue weighted by Gasteiger charge is 2.50. The van der Waals surface area contributed by atoms with Gasteiger partial charge in [-0.2, -0.15) is 0 Å². The van der Waals surface area contributed by atoms with E-state index in [1.807, 2.05) is 6.92 Å². The lowest BCUT2D eigenvalue weighted by molar-refractivity contribution is -0.157. The summed E-state index contributed by atoms with van der Waals surface area (Å²) < 4.78 is 0. The molecule has 1 atom stereocenters. The summed E-state index contributed by atoms with van der Waals surface area (Å²) in [6.07, 6.45) is 6.31. The van der Waals surface area contributed by atoms with Crippen molar-refractivity contribution in [3.8, 4) is 0 Å². The maximum absolute atomic E-state index is 11.4. The number of aliphatic carboxylic acids is 1.